The van der Waals surface area contributed by atoms with Gasteiger partial charge in [0.2, 0.25) is 0 Å². The van der Waals surface area contributed by atoms with E-state index in [2.05, 4.69) is 0 Å². The molecule has 0 spiro atoms. The molecular weight excluding hydrogens is 243 g/mol. The van der Waals surface area contributed by atoms with E-state index in [1.165, 1.54) is 13.2 Å². The third kappa shape index (κ3) is 3.12. The van der Waals surface area contributed by atoms with Crippen LogP contribution in [0.3, 0.4) is 0 Å². The standard InChI is InChI=1S/C16H17FO2/c1-11-5-3-4-6-13(11)15(18)10-12-7-8-16(19-2)14(17)9-12/h3-9,15,18H,10H2,1-2H3. The van der Waals surface area contributed by atoms with Crippen molar-refractivity contribution in [2.75, 3.05) is 7.11 Å². The van der Waals surface area contributed by atoms with E-state index < -0.39 is 11.9 Å². The number of aliphatic hydroxyl groups is 1. The van der Waals surface area contributed by atoms with E-state index >= 15 is 0 Å². The van der Waals surface area contributed by atoms with Crippen molar-refractivity contribution in [3.05, 3.63) is 65.0 Å². The summed E-state index contributed by atoms with van der Waals surface area (Å²) in [7, 11) is 1.43. The first-order chi connectivity index (χ1) is 9.11. The van der Waals surface area contributed by atoms with Crippen LogP contribution in [0.1, 0.15) is 22.8 Å². The molecule has 0 heterocycles. The smallest absolute Gasteiger partial charge is 0.165 e. The minimum Gasteiger partial charge on any atom is -0.494 e. The van der Waals surface area contributed by atoms with E-state index in [0.29, 0.717) is 6.42 Å². The Morgan fingerprint density at radius 1 is 1.21 bits per heavy atom. The predicted molar refractivity (Wildman–Crippen MR) is 72.8 cm³/mol. The minimum atomic E-state index is -0.631. The van der Waals surface area contributed by atoms with Gasteiger partial charge in [0.25, 0.3) is 0 Å². The van der Waals surface area contributed by atoms with Gasteiger partial charge in [-0.15, -0.1) is 0 Å². The third-order valence-corrected chi connectivity index (χ3v) is 3.19. The zero-order valence-electron chi connectivity index (χ0n) is 11.1. The molecule has 0 bridgehead atoms. The van der Waals surface area contributed by atoms with Gasteiger partial charge in [0.1, 0.15) is 0 Å². The summed E-state index contributed by atoms with van der Waals surface area (Å²) in [5.74, 6) is -0.189. The molecule has 1 atom stereocenters. The maximum absolute atomic E-state index is 13.6. The number of ether oxygens (including phenoxy) is 1. The van der Waals surface area contributed by atoms with Crippen molar-refractivity contribution in [1.82, 2.24) is 0 Å². The number of benzene rings is 2. The summed E-state index contributed by atoms with van der Waals surface area (Å²) in [5.41, 5.74) is 2.65. The van der Waals surface area contributed by atoms with Gasteiger partial charge in [-0.2, -0.15) is 0 Å². The molecule has 19 heavy (non-hydrogen) atoms. The van der Waals surface area contributed by atoms with Gasteiger partial charge in [0, 0.05) is 6.42 Å². The zero-order valence-corrected chi connectivity index (χ0v) is 11.1. The molecule has 0 aliphatic heterocycles. The van der Waals surface area contributed by atoms with Crippen molar-refractivity contribution in [1.29, 1.82) is 0 Å². The van der Waals surface area contributed by atoms with Crippen LogP contribution in [0.4, 0.5) is 4.39 Å². The number of methoxy groups -OCH3 is 1. The van der Waals surface area contributed by atoms with E-state index in [1.54, 1.807) is 12.1 Å². The second-order valence-electron chi connectivity index (χ2n) is 4.55. The van der Waals surface area contributed by atoms with Crippen LogP contribution in [0.25, 0.3) is 0 Å². The quantitative estimate of drug-likeness (QED) is 0.912. The van der Waals surface area contributed by atoms with E-state index in [1.807, 2.05) is 31.2 Å². The highest BCUT2D eigenvalue weighted by Gasteiger charge is 2.12. The summed E-state index contributed by atoms with van der Waals surface area (Å²) in [5, 5.41) is 10.2. The van der Waals surface area contributed by atoms with Crippen molar-refractivity contribution in [2.45, 2.75) is 19.4 Å². The van der Waals surface area contributed by atoms with Gasteiger partial charge in [-0.1, -0.05) is 30.3 Å². The summed E-state index contributed by atoms with van der Waals surface area (Å²) >= 11 is 0. The number of hydrogen-bond acceptors (Lipinski definition) is 2. The topological polar surface area (TPSA) is 29.5 Å². The Morgan fingerprint density at radius 3 is 2.58 bits per heavy atom. The Morgan fingerprint density at radius 2 is 1.95 bits per heavy atom. The molecule has 1 N–H and O–H groups in total. The van der Waals surface area contributed by atoms with Gasteiger partial charge < -0.3 is 9.84 Å². The third-order valence-electron chi connectivity index (χ3n) is 3.19. The molecule has 0 amide bonds. The van der Waals surface area contributed by atoms with Crippen molar-refractivity contribution >= 4 is 0 Å². The lowest BCUT2D eigenvalue weighted by Gasteiger charge is -2.14. The molecule has 2 aromatic carbocycles. The molecule has 0 aliphatic rings. The van der Waals surface area contributed by atoms with E-state index in [-0.39, 0.29) is 5.75 Å². The van der Waals surface area contributed by atoms with Gasteiger partial charge in [0.05, 0.1) is 13.2 Å². The van der Waals surface area contributed by atoms with Gasteiger partial charge in [-0.25, -0.2) is 4.39 Å². The van der Waals surface area contributed by atoms with Crippen LogP contribution >= 0.6 is 0 Å². The number of hydrogen-bond donors (Lipinski definition) is 1. The van der Waals surface area contributed by atoms with E-state index in [9.17, 15) is 9.50 Å². The summed E-state index contributed by atoms with van der Waals surface area (Å²) in [6.45, 7) is 1.95. The van der Waals surface area contributed by atoms with Gasteiger partial charge in [-0.3, -0.25) is 0 Å². The molecule has 3 heteroatoms. The maximum Gasteiger partial charge on any atom is 0.165 e. The SMILES string of the molecule is COc1ccc(CC(O)c2ccccc2C)cc1F. The average Bonchev–Trinajstić information content (AvgIpc) is 2.39. The Kier molecular flexibility index (Phi) is 4.17. The number of halogens is 1. The normalized spacial score (nSPS) is 12.2. The molecular formula is C16H17FO2. The summed E-state index contributed by atoms with van der Waals surface area (Å²) < 4.78 is 18.4. The molecule has 0 aromatic heterocycles. The molecule has 0 radical (unpaired) electrons. The van der Waals surface area contributed by atoms with Crippen molar-refractivity contribution < 1.29 is 14.2 Å². The lowest BCUT2D eigenvalue weighted by Crippen LogP contribution is -2.04. The summed E-state index contributed by atoms with van der Waals surface area (Å²) in [4.78, 5) is 0. The van der Waals surface area contributed by atoms with Gasteiger partial charge in [0.15, 0.2) is 11.6 Å². The molecule has 0 aliphatic carbocycles. The predicted octanol–water partition coefficient (Wildman–Crippen LogP) is 3.42. The molecule has 0 saturated heterocycles. The molecule has 1 unspecified atom stereocenters. The van der Waals surface area contributed by atoms with Gasteiger partial charge in [-0.05, 0) is 35.7 Å². The van der Waals surface area contributed by atoms with E-state index in [4.69, 9.17) is 4.74 Å². The Bertz CT molecular complexity index is 566. The first kappa shape index (κ1) is 13.6. The number of aryl methyl sites for hydroxylation is 1. The van der Waals surface area contributed by atoms with Crippen LogP contribution < -0.4 is 4.74 Å². The lowest BCUT2D eigenvalue weighted by atomic mass is 9.98. The Labute approximate surface area is 112 Å². The van der Waals surface area contributed by atoms with Crippen LogP contribution in [0.2, 0.25) is 0 Å². The fraction of sp³-hybridized carbons (Fsp3) is 0.250. The second-order valence-corrected chi connectivity index (χ2v) is 4.55. The van der Waals surface area contributed by atoms with Crippen molar-refractivity contribution in [3.63, 3.8) is 0 Å². The monoisotopic (exact) mass is 260 g/mol. The molecule has 2 nitrogen and oxygen atoms in total. The highest BCUT2D eigenvalue weighted by Crippen LogP contribution is 2.24. The summed E-state index contributed by atoms with van der Waals surface area (Å²) in [6.07, 6.45) is -0.250. The Hall–Kier alpha value is -1.87. The van der Waals surface area contributed by atoms with E-state index in [0.717, 1.165) is 16.7 Å². The first-order valence-electron chi connectivity index (χ1n) is 6.18. The van der Waals surface area contributed by atoms with Crippen LogP contribution in [0.15, 0.2) is 42.5 Å². The fourth-order valence-corrected chi connectivity index (χ4v) is 2.13. The number of aliphatic hydroxyl groups excluding tert-OH is 1. The Balaban J connectivity index is 2.17. The number of rotatable bonds is 4. The highest BCUT2D eigenvalue weighted by atomic mass is 19.1. The van der Waals surface area contributed by atoms with Crippen molar-refractivity contribution in [2.24, 2.45) is 0 Å². The maximum atomic E-state index is 13.6. The summed E-state index contributed by atoms with van der Waals surface area (Å²) in [6, 6.07) is 12.4. The van der Waals surface area contributed by atoms with Gasteiger partial charge >= 0.3 is 0 Å². The average molecular weight is 260 g/mol. The van der Waals surface area contributed by atoms with Crippen LogP contribution in [0, 0.1) is 12.7 Å². The molecule has 2 rings (SSSR count). The van der Waals surface area contributed by atoms with Crippen molar-refractivity contribution in [3.8, 4) is 5.75 Å². The zero-order chi connectivity index (χ0) is 13.8. The van der Waals surface area contributed by atoms with Crippen LogP contribution in [0.5, 0.6) is 5.75 Å². The molecule has 100 valence electrons. The minimum absolute atomic E-state index is 0.217. The second kappa shape index (κ2) is 5.85. The highest BCUT2D eigenvalue weighted by molar-refractivity contribution is 5.32. The van der Waals surface area contributed by atoms with Crippen LogP contribution in [-0.2, 0) is 6.42 Å². The molecule has 0 saturated carbocycles. The fourth-order valence-electron chi connectivity index (χ4n) is 2.13. The molecule has 2 aromatic rings. The first-order valence-corrected chi connectivity index (χ1v) is 6.18. The molecule has 0 fully saturated rings. The lowest BCUT2D eigenvalue weighted by molar-refractivity contribution is 0.177. The van der Waals surface area contributed by atoms with Crippen LogP contribution in [-0.4, -0.2) is 12.2 Å². The largest absolute Gasteiger partial charge is 0.494 e.